The summed E-state index contributed by atoms with van der Waals surface area (Å²) in [5.74, 6) is 3.90. The molecule has 2 aliphatic carbocycles. The Morgan fingerprint density at radius 3 is 0.391 bits per heavy atom. The lowest BCUT2D eigenvalue weighted by Crippen LogP contribution is -2.23. The van der Waals surface area contributed by atoms with E-state index in [1.165, 1.54) is 12.8 Å². The molecule has 0 aromatic heterocycles. The molecule has 0 bridgehead atoms. The van der Waals surface area contributed by atoms with Gasteiger partial charge in [-0.05, 0) is 101 Å². The van der Waals surface area contributed by atoms with Crippen molar-refractivity contribution < 1.29 is 9.47 Å². The van der Waals surface area contributed by atoms with Gasteiger partial charge in [0, 0.05) is 0 Å². The molecule has 0 aromatic carbocycles. The summed E-state index contributed by atoms with van der Waals surface area (Å²) in [5, 5.41) is 0. The second-order valence-electron chi connectivity index (χ2n) is 33.9. The standard InChI is InChI=1S/2C11H22.2C10H20O.2C10H20/c2*1-10(2,3)8-7-9(8)11(4,5)6;2*1-9(2,3)7-8(11-7)10(4,5)6;2*1-9(2,3)7-8-10(4,5)6/h2*8-9H,7H2,1-6H3;2*7-8H,1-6H3;2*7-8H,1-6H3/b;;;;2*8-7-. The molecule has 0 N–H and O–H groups in total. The van der Waals surface area contributed by atoms with Gasteiger partial charge >= 0.3 is 0 Å². The highest BCUT2D eigenvalue weighted by atomic mass is 16.6. The van der Waals surface area contributed by atoms with Crippen LogP contribution in [0.3, 0.4) is 0 Å². The van der Waals surface area contributed by atoms with Crippen LogP contribution < -0.4 is 0 Å². The quantitative estimate of drug-likeness (QED) is 0.179. The number of hydrogen-bond acceptors (Lipinski definition) is 2. The molecule has 8 unspecified atom stereocenters. The topological polar surface area (TPSA) is 25.1 Å². The summed E-state index contributed by atoms with van der Waals surface area (Å²) < 4.78 is 11.3. The third kappa shape index (κ3) is 30.7. The zero-order chi connectivity index (χ0) is 52.3. The van der Waals surface area contributed by atoms with Crippen molar-refractivity contribution in [2.75, 3.05) is 0 Å². The minimum atomic E-state index is 0.317. The molecule has 2 saturated carbocycles. The molecule has 0 aromatic rings. The van der Waals surface area contributed by atoms with Crippen molar-refractivity contribution in [2.45, 2.75) is 287 Å². The molecule has 4 rings (SSSR count). The van der Waals surface area contributed by atoms with E-state index in [-0.39, 0.29) is 0 Å². The molecule has 2 aliphatic heterocycles. The van der Waals surface area contributed by atoms with Gasteiger partial charge in [0.05, 0.1) is 24.4 Å². The molecule has 2 heteroatoms. The molecule has 8 atom stereocenters. The minimum Gasteiger partial charge on any atom is -0.368 e. The van der Waals surface area contributed by atoms with Crippen molar-refractivity contribution in [3.05, 3.63) is 24.3 Å². The number of hydrogen-bond donors (Lipinski definition) is 0. The van der Waals surface area contributed by atoms with Gasteiger partial charge in [-0.25, -0.2) is 0 Å². The first kappa shape index (κ1) is 65.5. The van der Waals surface area contributed by atoms with Gasteiger partial charge in [0.1, 0.15) is 0 Å². The van der Waals surface area contributed by atoms with Crippen LogP contribution in [0, 0.1) is 88.7 Å². The highest BCUT2D eigenvalue weighted by Gasteiger charge is 2.54. The van der Waals surface area contributed by atoms with Crippen LogP contribution in [0.25, 0.3) is 0 Å². The Bertz CT molecular complexity index is 1090. The van der Waals surface area contributed by atoms with Gasteiger partial charge < -0.3 is 9.47 Å². The van der Waals surface area contributed by atoms with Crippen LogP contribution in [0.1, 0.15) is 262 Å². The van der Waals surface area contributed by atoms with E-state index in [2.05, 4.69) is 274 Å². The fourth-order valence-corrected chi connectivity index (χ4v) is 8.08. The summed E-state index contributed by atoms with van der Waals surface area (Å²) in [7, 11) is 0. The largest absolute Gasteiger partial charge is 0.368 e. The van der Waals surface area contributed by atoms with Crippen LogP contribution >= 0.6 is 0 Å². The molecule has 4 fully saturated rings. The zero-order valence-electron chi connectivity index (χ0n) is 51.2. The minimum absolute atomic E-state index is 0.317. The highest BCUT2D eigenvalue weighted by Crippen LogP contribution is 2.59. The summed E-state index contributed by atoms with van der Waals surface area (Å²) in [6.07, 6.45) is 13.9. The van der Waals surface area contributed by atoms with Crippen LogP contribution in [-0.2, 0) is 9.47 Å². The van der Waals surface area contributed by atoms with Gasteiger partial charge in [-0.1, -0.05) is 274 Å². The molecule has 0 amide bonds. The summed E-state index contributed by atoms with van der Waals surface area (Å²) in [6.45, 7) is 81.9. The summed E-state index contributed by atoms with van der Waals surface area (Å²) >= 11 is 0. The maximum atomic E-state index is 5.65. The Labute approximate surface area is 407 Å². The number of rotatable bonds is 0. The van der Waals surface area contributed by atoms with Crippen LogP contribution in [-0.4, -0.2) is 24.4 Å². The lowest BCUT2D eigenvalue weighted by atomic mass is 9.81. The van der Waals surface area contributed by atoms with Crippen LogP contribution in [0.2, 0.25) is 0 Å². The maximum Gasteiger partial charge on any atom is 0.0895 e. The van der Waals surface area contributed by atoms with Crippen molar-refractivity contribution >= 4 is 0 Å². The van der Waals surface area contributed by atoms with Crippen LogP contribution in [0.15, 0.2) is 24.3 Å². The van der Waals surface area contributed by atoms with E-state index >= 15 is 0 Å². The average Bonchev–Trinajstić information content (AvgIpc) is 3.79. The number of ether oxygens (including phenoxy) is 2. The van der Waals surface area contributed by atoms with Gasteiger partial charge in [0.25, 0.3) is 0 Å². The van der Waals surface area contributed by atoms with Gasteiger partial charge in [0.2, 0.25) is 0 Å². The molecule has 384 valence electrons. The molecule has 0 radical (unpaired) electrons. The Hall–Kier alpha value is -0.600. The van der Waals surface area contributed by atoms with Crippen LogP contribution in [0.4, 0.5) is 0 Å². The highest BCUT2D eigenvalue weighted by molar-refractivity contribution is 5.03. The SMILES string of the molecule is CC(C)(C)/C=C\C(C)(C)C.CC(C)(C)/C=C\C(C)(C)C.CC(C)(C)C1CC1C(C)(C)C.CC(C)(C)C1CC1C(C)(C)C.CC(C)(C)C1OC1C(C)(C)C.CC(C)(C)C1OC1C(C)(C)C. The Kier molecular flexibility index (Phi) is 22.5. The third-order valence-electron chi connectivity index (χ3n) is 12.6. The first-order valence-corrected chi connectivity index (χ1v) is 26.0. The molecular weight excluding hydrogens is 777 g/mol. The van der Waals surface area contributed by atoms with Crippen molar-refractivity contribution in [1.82, 2.24) is 0 Å². The number of allylic oxidation sites excluding steroid dienone is 4. The fourth-order valence-electron chi connectivity index (χ4n) is 8.08. The lowest BCUT2D eigenvalue weighted by Gasteiger charge is -2.24. The van der Waals surface area contributed by atoms with Crippen molar-refractivity contribution in [1.29, 1.82) is 0 Å². The first-order chi connectivity index (χ1) is 27.3. The molecule has 2 heterocycles. The lowest BCUT2D eigenvalue weighted by molar-refractivity contribution is 0.236. The molecule has 4 aliphatic rings. The average molecular weight is 902 g/mol. The monoisotopic (exact) mass is 901 g/mol. The Morgan fingerprint density at radius 1 is 0.219 bits per heavy atom. The van der Waals surface area contributed by atoms with Gasteiger partial charge in [-0.2, -0.15) is 0 Å². The van der Waals surface area contributed by atoms with E-state index in [0.29, 0.717) is 89.4 Å². The van der Waals surface area contributed by atoms with Gasteiger partial charge in [-0.3, -0.25) is 0 Å². The summed E-state index contributed by atoms with van der Waals surface area (Å²) in [4.78, 5) is 0. The maximum absolute atomic E-state index is 5.65. The summed E-state index contributed by atoms with van der Waals surface area (Å²) in [6, 6.07) is 0. The predicted octanol–water partition coefficient (Wildman–Crippen LogP) is 20.4. The fraction of sp³-hybridized carbons (Fsp3) is 0.935. The van der Waals surface area contributed by atoms with E-state index in [4.69, 9.17) is 9.47 Å². The van der Waals surface area contributed by atoms with Crippen molar-refractivity contribution in [3.8, 4) is 0 Å². The molecule has 2 saturated heterocycles. The molecule has 64 heavy (non-hydrogen) atoms. The second kappa shape index (κ2) is 22.0. The first-order valence-electron chi connectivity index (χ1n) is 26.0. The van der Waals surface area contributed by atoms with E-state index in [0.717, 1.165) is 23.7 Å². The van der Waals surface area contributed by atoms with E-state index in [9.17, 15) is 0 Å². The van der Waals surface area contributed by atoms with Crippen molar-refractivity contribution in [2.24, 2.45) is 88.7 Å². The zero-order valence-corrected chi connectivity index (χ0v) is 51.2. The Morgan fingerprint density at radius 2 is 0.344 bits per heavy atom. The van der Waals surface area contributed by atoms with Gasteiger partial charge in [-0.15, -0.1) is 0 Å². The predicted molar refractivity (Wildman–Crippen MR) is 292 cm³/mol. The van der Waals surface area contributed by atoms with Gasteiger partial charge in [0.15, 0.2) is 0 Å². The third-order valence-corrected chi connectivity index (χ3v) is 12.6. The summed E-state index contributed by atoms with van der Waals surface area (Å²) in [5.41, 5.74) is 4.73. The Balaban J connectivity index is 0. The second-order valence-corrected chi connectivity index (χ2v) is 33.9. The van der Waals surface area contributed by atoms with E-state index in [1.54, 1.807) is 0 Å². The smallest absolute Gasteiger partial charge is 0.0895 e. The normalized spacial score (nSPS) is 26.7. The molecule has 2 nitrogen and oxygen atoms in total. The molecular formula is C62H124O2. The molecule has 0 spiro atoms. The van der Waals surface area contributed by atoms with E-state index < -0.39 is 0 Å². The van der Waals surface area contributed by atoms with E-state index in [1.807, 2.05) is 0 Å². The van der Waals surface area contributed by atoms with Crippen molar-refractivity contribution in [3.63, 3.8) is 0 Å². The van der Waals surface area contributed by atoms with Crippen LogP contribution in [0.5, 0.6) is 0 Å². The number of epoxide rings is 2.